The molecule has 25 heavy (non-hydrogen) atoms. The van der Waals surface area contributed by atoms with Crippen LogP contribution in [0.3, 0.4) is 0 Å². The highest BCUT2D eigenvalue weighted by Gasteiger charge is 2.30. The van der Waals surface area contributed by atoms with E-state index in [0.29, 0.717) is 12.0 Å². The summed E-state index contributed by atoms with van der Waals surface area (Å²) in [5.41, 5.74) is 2.12. The molecule has 2 atom stereocenters. The zero-order valence-corrected chi connectivity index (χ0v) is 15.5. The largest absolute Gasteiger partial charge is 0.352 e. The standard InChI is InChI=1S/C21H25ClN2O/c1-14(2)19(16-8-10-17(22)11-9-16)24-20(15-6-4-3-5-7-15)21(25)23-18-12-13-18/h3-11,14,18-20,24H,12-13H2,1-2H3,(H,23,25)/t19-,20-/m0/s1. The van der Waals surface area contributed by atoms with Crippen molar-refractivity contribution in [2.24, 2.45) is 5.92 Å². The van der Waals surface area contributed by atoms with E-state index in [1.807, 2.05) is 54.6 Å². The van der Waals surface area contributed by atoms with Gasteiger partial charge in [0, 0.05) is 17.1 Å². The van der Waals surface area contributed by atoms with Gasteiger partial charge >= 0.3 is 0 Å². The molecule has 1 fully saturated rings. The summed E-state index contributed by atoms with van der Waals surface area (Å²) in [4.78, 5) is 12.8. The van der Waals surface area contributed by atoms with Crippen LogP contribution in [0, 0.1) is 5.92 Å². The van der Waals surface area contributed by atoms with Crippen LogP contribution in [-0.4, -0.2) is 11.9 Å². The maximum Gasteiger partial charge on any atom is 0.241 e. The van der Waals surface area contributed by atoms with Crippen molar-refractivity contribution in [3.8, 4) is 0 Å². The van der Waals surface area contributed by atoms with Crippen molar-refractivity contribution < 1.29 is 4.79 Å². The fourth-order valence-electron chi connectivity index (χ4n) is 3.00. The summed E-state index contributed by atoms with van der Waals surface area (Å²) in [5, 5.41) is 7.44. The highest BCUT2D eigenvalue weighted by molar-refractivity contribution is 6.30. The molecule has 1 aliphatic rings. The van der Waals surface area contributed by atoms with Gasteiger partial charge in [0.05, 0.1) is 0 Å². The van der Waals surface area contributed by atoms with E-state index in [1.54, 1.807) is 0 Å². The van der Waals surface area contributed by atoms with Crippen molar-refractivity contribution >= 4 is 17.5 Å². The third-order valence-corrected chi connectivity index (χ3v) is 4.81. The summed E-state index contributed by atoms with van der Waals surface area (Å²) in [6, 6.07) is 17.8. The van der Waals surface area contributed by atoms with Gasteiger partial charge in [-0.2, -0.15) is 0 Å². The van der Waals surface area contributed by atoms with Crippen molar-refractivity contribution in [2.45, 2.75) is 44.8 Å². The van der Waals surface area contributed by atoms with Crippen LogP contribution in [0.2, 0.25) is 5.02 Å². The predicted octanol–water partition coefficient (Wildman–Crippen LogP) is 4.65. The minimum Gasteiger partial charge on any atom is -0.352 e. The molecule has 0 saturated heterocycles. The maximum atomic E-state index is 12.8. The van der Waals surface area contributed by atoms with Crippen LogP contribution in [0.1, 0.15) is 49.9 Å². The Morgan fingerprint density at radius 1 is 1.00 bits per heavy atom. The molecule has 0 radical (unpaired) electrons. The second-order valence-electron chi connectivity index (χ2n) is 7.07. The molecule has 2 aromatic carbocycles. The number of benzene rings is 2. The van der Waals surface area contributed by atoms with E-state index >= 15 is 0 Å². The molecule has 1 saturated carbocycles. The quantitative estimate of drug-likeness (QED) is 0.758. The molecule has 1 aliphatic carbocycles. The van der Waals surface area contributed by atoms with E-state index in [2.05, 4.69) is 24.5 Å². The van der Waals surface area contributed by atoms with Gasteiger partial charge in [0.1, 0.15) is 6.04 Å². The fourth-order valence-corrected chi connectivity index (χ4v) is 3.13. The van der Waals surface area contributed by atoms with Gasteiger partial charge in [-0.05, 0) is 42.0 Å². The number of rotatable bonds is 7. The topological polar surface area (TPSA) is 41.1 Å². The SMILES string of the molecule is CC(C)[C@H](N[C@H](C(=O)NC1CC1)c1ccccc1)c1ccc(Cl)cc1. The lowest BCUT2D eigenvalue weighted by Crippen LogP contribution is -2.41. The van der Waals surface area contributed by atoms with Gasteiger partial charge in [-0.15, -0.1) is 0 Å². The minimum atomic E-state index is -0.370. The number of hydrogen-bond donors (Lipinski definition) is 2. The average molecular weight is 357 g/mol. The molecule has 2 aromatic rings. The number of carbonyl (C=O) groups excluding carboxylic acids is 1. The summed E-state index contributed by atoms with van der Waals surface area (Å²) < 4.78 is 0. The third kappa shape index (κ3) is 4.83. The molecule has 0 unspecified atom stereocenters. The smallest absolute Gasteiger partial charge is 0.241 e. The van der Waals surface area contributed by atoms with Crippen LogP contribution in [0.4, 0.5) is 0 Å². The summed E-state index contributed by atoms with van der Waals surface area (Å²) >= 11 is 6.03. The second kappa shape index (κ2) is 8.03. The van der Waals surface area contributed by atoms with Crippen LogP contribution in [0.25, 0.3) is 0 Å². The third-order valence-electron chi connectivity index (χ3n) is 4.56. The molecule has 0 aliphatic heterocycles. The number of nitrogens with one attached hydrogen (secondary N) is 2. The lowest BCUT2D eigenvalue weighted by Gasteiger charge is -2.29. The molecule has 0 spiro atoms. The van der Waals surface area contributed by atoms with Gasteiger partial charge in [0.15, 0.2) is 0 Å². The first-order valence-corrected chi connectivity index (χ1v) is 9.29. The second-order valence-corrected chi connectivity index (χ2v) is 7.50. The summed E-state index contributed by atoms with van der Waals surface area (Å²) in [5.74, 6) is 0.384. The summed E-state index contributed by atoms with van der Waals surface area (Å²) in [6.45, 7) is 4.32. The Labute approximate surface area is 154 Å². The van der Waals surface area contributed by atoms with E-state index < -0.39 is 0 Å². The molecule has 132 valence electrons. The molecule has 3 rings (SSSR count). The summed E-state index contributed by atoms with van der Waals surface area (Å²) in [6.07, 6.45) is 2.16. The lowest BCUT2D eigenvalue weighted by molar-refractivity contribution is -0.123. The van der Waals surface area contributed by atoms with E-state index in [9.17, 15) is 4.79 Å². The van der Waals surface area contributed by atoms with Crippen molar-refractivity contribution in [1.29, 1.82) is 0 Å². The van der Waals surface area contributed by atoms with Crippen LogP contribution in [-0.2, 0) is 4.79 Å². The first-order chi connectivity index (χ1) is 12.0. The fraction of sp³-hybridized carbons (Fsp3) is 0.381. The lowest BCUT2D eigenvalue weighted by atomic mass is 9.93. The molecule has 2 N–H and O–H groups in total. The molecule has 0 bridgehead atoms. The molecule has 3 nitrogen and oxygen atoms in total. The highest BCUT2D eigenvalue weighted by atomic mass is 35.5. The Kier molecular flexibility index (Phi) is 5.77. The number of halogens is 1. The Balaban J connectivity index is 1.85. The first kappa shape index (κ1) is 18.0. The zero-order chi connectivity index (χ0) is 17.8. The maximum absolute atomic E-state index is 12.8. The Morgan fingerprint density at radius 3 is 2.20 bits per heavy atom. The Hall–Kier alpha value is -1.84. The van der Waals surface area contributed by atoms with Gasteiger partial charge in [0.2, 0.25) is 5.91 Å². The van der Waals surface area contributed by atoms with Gasteiger partial charge in [-0.1, -0.05) is 67.9 Å². The number of hydrogen-bond acceptors (Lipinski definition) is 2. The monoisotopic (exact) mass is 356 g/mol. The zero-order valence-electron chi connectivity index (χ0n) is 14.7. The minimum absolute atomic E-state index is 0.0494. The van der Waals surface area contributed by atoms with Crippen molar-refractivity contribution in [1.82, 2.24) is 10.6 Å². The highest BCUT2D eigenvalue weighted by Crippen LogP contribution is 2.28. The number of carbonyl (C=O) groups is 1. The van der Waals surface area contributed by atoms with E-state index in [0.717, 1.165) is 29.0 Å². The van der Waals surface area contributed by atoms with Crippen LogP contribution < -0.4 is 10.6 Å². The molecule has 0 aromatic heterocycles. The normalized spacial score (nSPS) is 16.5. The van der Waals surface area contributed by atoms with Crippen molar-refractivity contribution in [3.05, 3.63) is 70.7 Å². The average Bonchev–Trinajstić information content (AvgIpc) is 3.41. The van der Waals surface area contributed by atoms with Gasteiger partial charge < -0.3 is 5.32 Å². The van der Waals surface area contributed by atoms with Gasteiger partial charge in [0.25, 0.3) is 0 Å². The van der Waals surface area contributed by atoms with Crippen molar-refractivity contribution in [2.75, 3.05) is 0 Å². The predicted molar refractivity (Wildman–Crippen MR) is 103 cm³/mol. The molecule has 0 heterocycles. The Morgan fingerprint density at radius 2 is 1.64 bits per heavy atom. The molecule has 4 heteroatoms. The van der Waals surface area contributed by atoms with E-state index in [1.165, 1.54) is 0 Å². The molecular weight excluding hydrogens is 332 g/mol. The van der Waals surface area contributed by atoms with E-state index in [4.69, 9.17) is 11.6 Å². The Bertz CT molecular complexity index is 696. The van der Waals surface area contributed by atoms with Gasteiger partial charge in [-0.25, -0.2) is 0 Å². The van der Waals surface area contributed by atoms with Crippen LogP contribution in [0.5, 0.6) is 0 Å². The van der Waals surface area contributed by atoms with Crippen molar-refractivity contribution in [3.63, 3.8) is 0 Å². The first-order valence-electron chi connectivity index (χ1n) is 8.91. The van der Waals surface area contributed by atoms with Crippen LogP contribution in [0.15, 0.2) is 54.6 Å². The number of amides is 1. The molecular formula is C21H25ClN2O. The summed E-state index contributed by atoms with van der Waals surface area (Å²) in [7, 11) is 0. The van der Waals surface area contributed by atoms with Gasteiger partial charge in [-0.3, -0.25) is 10.1 Å². The van der Waals surface area contributed by atoms with Crippen LogP contribution >= 0.6 is 11.6 Å². The molecule has 1 amide bonds. The van der Waals surface area contributed by atoms with E-state index in [-0.39, 0.29) is 18.0 Å².